The molecule has 1 aliphatic rings. The first-order valence-corrected chi connectivity index (χ1v) is 15.7. The Morgan fingerprint density at radius 1 is 0.976 bits per heavy atom. The van der Waals surface area contributed by atoms with E-state index >= 15 is 0 Å². The molecule has 0 saturated carbocycles. The number of hydrogen-bond acceptors (Lipinski definition) is 6. The summed E-state index contributed by atoms with van der Waals surface area (Å²) in [7, 11) is -3.84. The van der Waals surface area contributed by atoms with Gasteiger partial charge in [-0.2, -0.15) is 0 Å². The van der Waals surface area contributed by atoms with Gasteiger partial charge in [0.2, 0.25) is 15.0 Å². The Labute approximate surface area is 246 Å². The summed E-state index contributed by atoms with van der Waals surface area (Å²) in [5, 5.41) is -0.0592. The Morgan fingerprint density at radius 3 is 2.40 bits per heavy atom. The first-order chi connectivity index (χ1) is 20.3. The van der Waals surface area contributed by atoms with E-state index in [9.17, 15) is 17.6 Å². The van der Waals surface area contributed by atoms with Crippen LogP contribution in [0.25, 0.3) is 0 Å². The SMILES string of the molecule is Cc1ccccc1CS(=O)(=O)c1ncc(CN(CCN2CCOCC2)C(=O)c2ccccc2F)n1Cc1ccccc1. The molecule has 0 aliphatic carbocycles. The standard InChI is InChI=1S/C32H35FN4O4S/c1-25-9-5-6-12-27(25)24-42(39,40)32-34-21-28(37(32)22-26-10-3-2-4-11-26)23-36(16-15-35-17-19-41-20-18-35)31(38)29-13-7-8-14-30(29)33/h2-14,21H,15-20,22-24H2,1H3. The van der Waals surface area contributed by atoms with E-state index < -0.39 is 21.6 Å². The van der Waals surface area contributed by atoms with Crippen LogP contribution in [0.2, 0.25) is 0 Å². The molecule has 1 saturated heterocycles. The average molecular weight is 591 g/mol. The van der Waals surface area contributed by atoms with Crippen LogP contribution >= 0.6 is 0 Å². The second-order valence-corrected chi connectivity index (χ2v) is 12.3. The molecule has 0 radical (unpaired) electrons. The summed E-state index contributed by atoms with van der Waals surface area (Å²) in [6.07, 6.45) is 1.52. The third-order valence-electron chi connectivity index (χ3n) is 7.50. The molecular weight excluding hydrogens is 555 g/mol. The van der Waals surface area contributed by atoms with E-state index in [0.29, 0.717) is 37.6 Å². The first kappa shape index (κ1) is 29.6. The minimum absolute atomic E-state index is 0.0269. The second-order valence-electron chi connectivity index (χ2n) is 10.4. The Bertz CT molecular complexity index is 1620. The lowest BCUT2D eigenvalue weighted by Gasteiger charge is -2.30. The van der Waals surface area contributed by atoms with Crippen LogP contribution in [0.3, 0.4) is 0 Å². The highest BCUT2D eigenvalue weighted by molar-refractivity contribution is 7.90. The van der Waals surface area contributed by atoms with Crippen molar-refractivity contribution < 1.29 is 22.3 Å². The smallest absolute Gasteiger partial charge is 0.257 e. The van der Waals surface area contributed by atoms with Gasteiger partial charge in [-0.15, -0.1) is 0 Å². The molecule has 1 aliphatic heterocycles. The van der Waals surface area contributed by atoms with Crippen LogP contribution in [0.5, 0.6) is 0 Å². The van der Waals surface area contributed by atoms with Gasteiger partial charge >= 0.3 is 0 Å². The number of aromatic nitrogens is 2. The highest BCUT2D eigenvalue weighted by Gasteiger charge is 2.27. The summed E-state index contributed by atoms with van der Waals surface area (Å²) in [4.78, 5) is 21.9. The lowest BCUT2D eigenvalue weighted by molar-refractivity contribution is 0.0318. The predicted octanol–water partition coefficient (Wildman–Crippen LogP) is 4.33. The summed E-state index contributed by atoms with van der Waals surface area (Å²) in [5.41, 5.74) is 3.00. The van der Waals surface area contributed by atoms with Crippen molar-refractivity contribution in [1.82, 2.24) is 19.4 Å². The second kappa shape index (κ2) is 13.4. The quantitative estimate of drug-likeness (QED) is 0.259. The fourth-order valence-electron chi connectivity index (χ4n) is 5.08. The number of amides is 1. The topological polar surface area (TPSA) is 84.7 Å². The van der Waals surface area contributed by atoms with E-state index in [1.165, 1.54) is 18.3 Å². The molecule has 5 rings (SSSR count). The lowest BCUT2D eigenvalue weighted by Crippen LogP contribution is -2.43. The zero-order valence-corrected chi connectivity index (χ0v) is 24.5. The summed E-state index contributed by atoms with van der Waals surface area (Å²) in [6.45, 7) is 5.84. The van der Waals surface area contributed by atoms with Crippen molar-refractivity contribution in [1.29, 1.82) is 0 Å². The van der Waals surface area contributed by atoms with Gasteiger partial charge in [0.15, 0.2) is 0 Å². The van der Waals surface area contributed by atoms with E-state index in [-0.39, 0.29) is 29.6 Å². The highest BCUT2D eigenvalue weighted by atomic mass is 32.2. The van der Waals surface area contributed by atoms with Crippen LogP contribution in [0, 0.1) is 12.7 Å². The average Bonchev–Trinajstić information content (AvgIpc) is 3.40. The summed E-state index contributed by atoms with van der Waals surface area (Å²) in [5.74, 6) is -1.25. The zero-order valence-electron chi connectivity index (χ0n) is 23.7. The molecule has 0 spiro atoms. The molecule has 3 aromatic carbocycles. The first-order valence-electron chi connectivity index (χ1n) is 14.0. The Balaban J connectivity index is 1.50. The molecule has 1 aromatic heterocycles. The maximum atomic E-state index is 14.7. The van der Waals surface area contributed by atoms with Crippen molar-refractivity contribution in [2.45, 2.75) is 30.9 Å². The fourth-order valence-corrected chi connectivity index (χ4v) is 6.68. The molecule has 10 heteroatoms. The highest BCUT2D eigenvalue weighted by Crippen LogP contribution is 2.23. The Kier molecular flexibility index (Phi) is 9.46. The van der Waals surface area contributed by atoms with Crippen LogP contribution in [0.15, 0.2) is 90.2 Å². The molecule has 0 atom stereocenters. The molecule has 220 valence electrons. The number of imidazole rings is 1. The van der Waals surface area contributed by atoms with Crippen LogP contribution in [-0.4, -0.2) is 73.1 Å². The van der Waals surface area contributed by atoms with Crippen molar-refractivity contribution in [2.75, 3.05) is 39.4 Å². The Morgan fingerprint density at radius 2 is 1.67 bits per heavy atom. The van der Waals surface area contributed by atoms with Gasteiger partial charge in [-0.3, -0.25) is 9.69 Å². The minimum Gasteiger partial charge on any atom is -0.379 e. The molecule has 0 bridgehead atoms. The van der Waals surface area contributed by atoms with Gasteiger partial charge in [-0.05, 0) is 35.7 Å². The van der Waals surface area contributed by atoms with Gasteiger partial charge < -0.3 is 14.2 Å². The number of carbonyl (C=O) groups is 1. The number of rotatable bonds is 11. The lowest BCUT2D eigenvalue weighted by atomic mass is 10.1. The van der Waals surface area contributed by atoms with E-state index in [2.05, 4.69) is 9.88 Å². The van der Waals surface area contributed by atoms with Crippen LogP contribution in [0.4, 0.5) is 4.39 Å². The number of ether oxygens (including phenoxy) is 1. The normalized spacial score (nSPS) is 14.1. The molecule has 0 N–H and O–H groups in total. The number of morpholine rings is 1. The van der Waals surface area contributed by atoms with E-state index in [1.54, 1.807) is 27.7 Å². The van der Waals surface area contributed by atoms with Gasteiger partial charge in [0.25, 0.3) is 5.91 Å². The molecule has 4 aromatic rings. The van der Waals surface area contributed by atoms with E-state index in [1.807, 2.05) is 55.5 Å². The third-order valence-corrected chi connectivity index (χ3v) is 9.08. The third kappa shape index (κ3) is 7.13. The van der Waals surface area contributed by atoms with Crippen LogP contribution in [-0.2, 0) is 33.4 Å². The van der Waals surface area contributed by atoms with E-state index in [4.69, 9.17) is 4.74 Å². The maximum Gasteiger partial charge on any atom is 0.257 e. The largest absolute Gasteiger partial charge is 0.379 e. The molecule has 8 nitrogen and oxygen atoms in total. The summed E-state index contributed by atoms with van der Waals surface area (Å²) >= 11 is 0. The number of sulfone groups is 1. The maximum absolute atomic E-state index is 14.7. The van der Waals surface area contributed by atoms with E-state index in [0.717, 1.165) is 24.2 Å². The molecule has 1 fully saturated rings. The molecule has 1 amide bonds. The summed E-state index contributed by atoms with van der Waals surface area (Å²) < 4.78 is 49.4. The van der Waals surface area contributed by atoms with Crippen molar-refractivity contribution in [2.24, 2.45) is 0 Å². The molecule has 0 unspecified atom stereocenters. The monoisotopic (exact) mass is 590 g/mol. The molecular formula is C32H35FN4O4S. The van der Waals surface area contributed by atoms with Crippen molar-refractivity contribution in [3.8, 4) is 0 Å². The fraction of sp³-hybridized carbons (Fsp3) is 0.312. The van der Waals surface area contributed by atoms with Crippen molar-refractivity contribution in [3.63, 3.8) is 0 Å². The predicted molar refractivity (Wildman–Crippen MR) is 158 cm³/mol. The van der Waals surface area contributed by atoms with Crippen molar-refractivity contribution in [3.05, 3.63) is 119 Å². The van der Waals surface area contributed by atoms with Gasteiger partial charge in [0.05, 0.1) is 49.5 Å². The number of benzene rings is 3. The van der Waals surface area contributed by atoms with Gasteiger partial charge in [0.1, 0.15) is 5.82 Å². The zero-order chi connectivity index (χ0) is 29.5. The Hall–Kier alpha value is -3.86. The number of nitrogens with zero attached hydrogens (tertiary/aromatic N) is 4. The van der Waals surface area contributed by atoms with Crippen LogP contribution in [0.1, 0.15) is 32.7 Å². The number of carbonyl (C=O) groups excluding carboxylic acids is 1. The summed E-state index contributed by atoms with van der Waals surface area (Å²) in [6, 6.07) is 22.8. The minimum atomic E-state index is -3.84. The van der Waals surface area contributed by atoms with Gasteiger partial charge in [-0.25, -0.2) is 17.8 Å². The molecule has 2 heterocycles. The van der Waals surface area contributed by atoms with Gasteiger partial charge in [-0.1, -0.05) is 66.7 Å². The number of halogens is 1. The number of hydrogen-bond donors (Lipinski definition) is 0. The molecule has 42 heavy (non-hydrogen) atoms. The van der Waals surface area contributed by atoms with Crippen LogP contribution < -0.4 is 0 Å². The van der Waals surface area contributed by atoms with Crippen molar-refractivity contribution >= 4 is 15.7 Å². The van der Waals surface area contributed by atoms with Gasteiger partial charge in [0, 0.05) is 26.2 Å². The number of aryl methyl sites for hydroxylation is 1.